The molecule has 34 heavy (non-hydrogen) atoms. The average Bonchev–Trinajstić information content (AvgIpc) is 3.60. The van der Waals surface area contributed by atoms with E-state index in [1.165, 1.54) is 22.3 Å². The Kier molecular flexibility index (Phi) is 6.49. The number of benzene rings is 2. The van der Waals surface area contributed by atoms with Gasteiger partial charge in [-0.3, -0.25) is 14.5 Å². The van der Waals surface area contributed by atoms with E-state index in [0.29, 0.717) is 17.2 Å². The highest BCUT2D eigenvalue weighted by Crippen LogP contribution is 2.39. The van der Waals surface area contributed by atoms with Crippen molar-refractivity contribution in [2.24, 2.45) is 0 Å². The van der Waals surface area contributed by atoms with Crippen LogP contribution in [0.2, 0.25) is 0 Å². The van der Waals surface area contributed by atoms with E-state index in [-0.39, 0.29) is 30.7 Å². The third-order valence-corrected chi connectivity index (χ3v) is 7.09. The second kappa shape index (κ2) is 9.85. The zero-order valence-corrected chi connectivity index (χ0v) is 19.4. The highest BCUT2D eigenvalue weighted by Gasteiger charge is 2.36. The standard InChI is InChI=1S/C26H25FN2O4S/c27-21-10-4-3-9-20(21)25(26(31)28-17-6-1-2-7-17)29(24(30)15-19-8-5-13-34-19)18-11-12-22-23(14-18)33-16-32-22/h3-5,8-14,17,25H,1-2,6-7,15-16H2,(H,28,31)/t25-/m1/s1. The van der Waals surface area contributed by atoms with E-state index in [1.807, 2.05) is 17.5 Å². The third-order valence-electron chi connectivity index (χ3n) is 6.22. The van der Waals surface area contributed by atoms with Crippen LogP contribution in [-0.2, 0) is 16.0 Å². The molecule has 1 saturated carbocycles. The van der Waals surface area contributed by atoms with Crippen LogP contribution in [0.5, 0.6) is 11.5 Å². The zero-order chi connectivity index (χ0) is 23.5. The lowest BCUT2D eigenvalue weighted by molar-refractivity contribution is -0.127. The molecule has 176 valence electrons. The number of rotatable bonds is 7. The zero-order valence-electron chi connectivity index (χ0n) is 18.5. The first kappa shape index (κ1) is 22.4. The Morgan fingerprint density at radius 2 is 1.85 bits per heavy atom. The molecule has 6 nitrogen and oxygen atoms in total. The van der Waals surface area contributed by atoms with Crippen LogP contribution in [0.4, 0.5) is 10.1 Å². The molecule has 0 saturated heterocycles. The Hall–Kier alpha value is -3.39. The summed E-state index contributed by atoms with van der Waals surface area (Å²) in [4.78, 5) is 29.7. The molecule has 2 heterocycles. The summed E-state index contributed by atoms with van der Waals surface area (Å²) in [5.41, 5.74) is 0.593. The first-order valence-corrected chi connectivity index (χ1v) is 12.3. The summed E-state index contributed by atoms with van der Waals surface area (Å²) in [6, 6.07) is 13.8. The number of thiophene rings is 1. The molecule has 1 aromatic heterocycles. The second-order valence-electron chi connectivity index (χ2n) is 8.47. The van der Waals surface area contributed by atoms with Crippen molar-refractivity contribution in [1.82, 2.24) is 5.32 Å². The van der Waals surface area contributed by atoms with Crippen LogP contribution in [0.3, 0.4) is 0 Å². The first-order valence-electron chi connectivity index (χ1n) is 11.4. The summed E-state index contributed by atoms with van der Waals surface area (Å²) < 4.78 is 26.0. The van der Waals surface area contributed by atoms with E-state index < -0.39 is 17.8 Å². The van der Waals surface area contributed by atoms with Crippen molar-refractivity contribution in [3.8, 4) is 11.5 Å². The molecule has 5 rings (SSSR count). The van der Waals surface area contributed by atoms with Gasteiger partial charge in [0.05, 0.1) is 6.42 Å². The van der Waals surface area contributed by atoms with Gasteiger partial charge < -0.3 is 14.8 Å². The maximum Gasteiger partial charge on any atom is 0.248 e. The van der Waals surface area contributed by atoms with Gasteiger partial charge in [-0.15, -0.1) is 11.3 Å². The summed E-state index contributed by atoms with van der Waals surface area (Å²) in [5, 5.41) is 4.97. The SMILES string of the molecule is O=C(NC1CCCC1)[C@@H](c1ccccc1F)N(C(=O)Cc1cccs1)c1ccc2c(c1)OCO2. The van der Waals surface area contributed by atoms with Crippen molar-refractivity contribution in [3.63, 3.8) is 0 Å². The molecular formula is C26H25FN2O4S. The molecule has 0 spiro atoms. The number of carbonyl (C=O) groups is 2. The molecule has 1 fully saturated rings. The number of halogens is 1. The smallest absolute Gasteiger partial charge is 0.248 e. The molecule has 0 bridgehead atoms. The Morgan fingerprint density at radius 1 is 1.06 bits per heavy atom. The Labute approximate surface area is 201 Å². The van der Waals surface area contributed by atoms with E-state index in [9.17, 15) is 9.59 Å². The molecule has 2 aliphatic rings. The lowest BCUT2D eigenvalue weighted by Gasteiger charge is -2.32. The number of carbonyl (C=O) groups excluding carboxylic acids is 2. The van der Waals surface area contributed by atoms with Gasteiger partial charge in [0.25, 0.3) is 0 Å². The fraction of sp³-hybridized carbons (Fsp3) is 0.308. The van der Waals surface area contributed by atoms with E-state index in [1.54, 1.807) is 36.4 Å². The van der Waals surface area contributed by atoms with Crippen LogP contribution in [0.25, 0.3) is 0 Å². The van der Waals surface area contributed by atoms with E-state index in [0.717, 1.165) is 30.6 Å². The molecule has 2 aromatic carbocycles. The Morgan fingerprint density at radius 3 is 2.62 bits per heavy atom. The summed E-state index contributed by atoms with van der Waals surface area (Å²) in [6.07, 6.45) is 3.93. The molecule has 1 atom stereocenters. The van der Waals surface area contributed by atoms with Crippen LogP contribution < -0.4 is 19.7 Å². The van der Waals surface area contributed by atoms with Crippen LogP contribution in [0.15, 0.2) is 60.0 Å². The Bertz CT molecular complexity index is 1180. The number of ether oxygens (including phenoxy) is 2. The van der Waals surface area contributed by atoms with Gasteiger partial charge in [0.1, 0.15) is 11.9 Å². The van der Waals surface area contributed by atoms with E-state index >= 15 is 4.39 Å². The van der Waals surface area contributed by atoms with Gasteiger partial charge in [0.2, 0.25) is 18.6 Å². The fourth-order valence-corrected chi connectivity index (χ4v) is 5.26. The molecule has 1 aliphatic heterocycles. The molecule has 0 radical (unpaired) electrons. The quantitative estimate of drug-likeness (QED) is 0.517. The summed E-state index contributed by atoms with van der Waals surface area (Å²) >= 11 is 1.46. The predicted molar refractivity (Wildman–Crippen MR) is 128 cm³/mol. The number of hydrogen-bond acceptors (Lipinski definition) is 5. The average molecular weight is 481 g/mol. The third kappa shape index (κ3) is 4.63. The van der Waals surface area contributed by atoms with Gasteiger partial charge in [-0.05, 0) is 42.5 Å². The van der Waals surface area contributed by atoms with Crippen LogP contribution in [0, 0.1) is 5.82 Å². The number of anilines is 1. The fourth-order valence-electron chi connectivity index (χ4n) is 4.56. The second-order valence-corrected chi connectivity index (χ2v) is 9.50. The maximum absolute atomic E-state index is 15.1. The van der Waals surface area contributed by atoms with Crippen LogP contribution in [-0.4, -0.2) is 24.6 Å². The minimum Gasteiger partial charge on any atom is -0.454 e. The van der Waals surface area contributed by atoms with Gasteiger partial charge in [-0.2, -0.15) is 0 Å². The van der Waals surface area contributed by atoms with Crippen molar-refractivity contribution in [3.05, 3.63) is 76.2 Å². The lowest BCUT2D eigenvalue weighted by atomic mass is 10.0. The minimum atomic E-state index is -1.17. The van der Waals surface area contributed by atoms with Gasteiger partial charge in [-0.1, -0.05) is 37.1 Å². The molecule has 1 aliphatic carbocycles. The van der Waals surface area contributed by atoms with Gasteiger partial charge >= 0.3 is 0 Å². The van der Waals surface area contributed by atoms with Crippen molar-refractivity contribution >= 4 is 28.8 Å². The van der Waals surface area contributed by atoms with Crippen LogP contribution in [0.1, 0.15) is 42.2 Å². The normalized spacial score (nSPS) is 15.8. The number of nitrogens with one attached hydrogen (secondary N) is 1. The number of amides is 2. The molecule has 8 heteroatoms. The number of hydrogen-bond donors (Lipinski definition) is 1. The lowest BCUT2D eigenvalue weighted by Crippen LogP contribution is -2.47. The van der Waals surface area contributed by atoms with Crippen molar-refractivity contribution in [1.29, 1.82) is 0 Å². The Balaban J connectivity index is 1.58. The summed E-state index contributed by atoms with van der Waals surface area (Å²) in [5.74, 6) is -0.198. The topological polar surface area (TPSA) is 67.9 Å². The highest BCUT2D eigenvalue weighted by atomic mass is 32.1. The van der Waals surface area contributed by atoms with Gasteiger partial charge in [-0.25, -0.2) is 4.39 Å². The molecule has 3 aromatic rings. The van der Waals surface area contributed by atoms with Gasteiger partial charge in [0, 0.05) is 28.2 Å². The first-order chi connectivity index (χ1) is 16.6. The summed E-state index contributed by atoms with van der Waals surface area (Å²) in [6.45, 7) is 0.0842. The maximum atomic E-state index is 15.1. The van der Waals surface area contributed by atoms with Crippen molar-refractivity contribution in [2.45, 2.75) is 44.2 Å². The van der Waals surface area contributed by atoms with Crippen molar-refractivity contribution < 1.29 is 23.5 Å². The largest absolute Gasteiger partial charge is 0.454 e. The molecule has 0 unspecified atom stereocenters. The van der Waals surface area contributed by atoms with Gasteiger partial charge in [0.15, 0.2) is 11.5 Å². The molecular weight excluding hydrogens is 455 g/mol. The minimum absolute atomic E-state index is 0.0211. The van der Waals surface area contributed by atoms with Crippen molar-refractivity contribution in [2.75, 3.05) is 11.7 Å². The number of nitrogens with zero attached hydrogens (tertiary/aromatic N) is 1. The molecule has 1 N–H and O–H groups in total. The predicted octanol–water partition coefficient (Wildman–Crippen LogP) is 4.99. The van der Waals surface area contributed by atoms with E-state index in [4.69, 9.17) is 9.47 Å². The summed E-state index contributed by atoms with van der Waals surface area (Å²) in [7, 11) is 0. The monoisotopic (exact) mass is 480 g/mol. The number of fused-ring (bicyclic) bond motifs is 1. The highest BCUT2D eigenvalue weighted by molar-refractivity contribution is 7.10. The molecule has 2 amide bonds. The van der Waals surface area contributed by atoms with E-state index in [2.05, 4.69) is 5.32 Å². The van der Waals surface area contributed by atoms with Crippen LogP contribution >= 0.6 is 11.3 Å².